The van der Waals surface area contributed by atoms with Crippen LogP contribution >= 0.6 is 0 Å². The van der Waals surface area contributed by atoms with Gasteiger partial charge in [0.15, 0.2) is 0 Å². The van der Waals surface area contributed by atoms with Gasteiger partial charge in [-0.1, -0.05) is 42.5 Å². The molecule has 0 spiro atoms. The molecule has 3 rings (SSSR count). The second-order valence-corrected chi connectivity index (χ2v) is 6.19. The SMILES string of the molecule is COc1ccccc1C(=O)N1CCC([C@H](O)c2ccccc2)CC1. The number of amides is 1. The first kappa shape index (κ1) is 16.5. The Morgan fingerprint density at radius 1 is 1.08 bits per heavy atom. The summed E-state index contributed by atoms with van der Waals surface area (Å²) in [5, 5.41) is 10.5. The van der Waals surface area contributed by atoms with Crippen molar-refractivity contribution in [3.05, 3.63) is 65.7 Å². The van der Waals surface area contributed by atoms with Gasteiger partial charge in [-0.15, -0.1) is 0 Å². The van der Waals surface area contributed by atoms with Gasteiger partial charge in [-0.3, -0.25) is 4.79 Å². The van der Waals surface area contributed by atoms with E-state index < -0.39 is 6.10 Å². The number of hydrogen-bond acceptors (Lipinski definition) is 3. The zero-order chi connectivity index (χ0) is 16.9. The smallest absolute Gasteiger partial charge is 0.257 e. The van der Waals surface area contributed by atoms with E-state index in [1.165, 1.54) is 0 Å². The Morgan fingerprint density at radius 3 is 2.38 bits per heavy atom. The fraction of sp³-hybridized carbons (Fsp3) is 0.350. The highest BCUT2D eigenvalue weighted by atomic mass is 16.5. The minimum absolute atomic E-state index is 0.0000934. The van der Waals surface area contributed by atoms with Crippen molar-refractivity contribution >= 4 is 5.91 Å². The molecule has 2 aromatic carbocycles. The quantitative estimate of drug-likeness (QED) is 0.938. The van der Waals surface area contributed by atoms with Crippen LogP contribution in [0.4, 0.5) is 0 Å². The van der Waals surface area contributed by atoms with E-state index in [-0.39, 0.29) is 11.8 Å². The molecule has 0 radical (unpaired) electrons. The average molecular weight is 325 g/mol. The highest BCUT2D eigenvalue weighted by Gasteiger charge is 2.29. The molecule has 1 atom stereocenters. The summed E-state index contributed by atoms with van der Waals surface area (Å²) in [6.45, 7) is 1.32. The second kappa shape index (κ2) is 7.49. The Bertz CT molecular complexity index is 678. The van der Waals surface area contributed by atoms with Gasteiger partial charge in [0.25, 0.3) is 5.91 Å². The Morgan fingerprint density at radius 2 is 1.71 bits per heavy atom. The number of ether oxygens (including phenoxy) is 1. The summed E-state index contributed by atoms with van der Waals surface area (Å²) >= 11 is 0. The van der Waals surface area contributed by atoms with Crippen LogP contribution in [0.25, 0.3) is 0 Å². The highest BCUT2D eigenvalue weighted by Crippen LogP contribution is 2.31. The molecule has 1 fully saturated rings. The van der Waals surface area contributed by atoms with Crippen LogP contribution in [0.15, 0.2) is 54.6 Å². The van der Waals surface area contributed by atoms with Crippen molar-refractivity contribution in [3.8, 4) is 5.75 Å². The van der Waals surface area contributed by atoms with E-state index in [9.17, 15) is 9.90 Å². The van der Waals surface area contributed by atoms with Gasteiger partial charge in [-0.05, 0) is 36.5 Å². The van der Waals surface area contributed by atoms with Crippen molar-refractivity contribution in [2.45, 2.75) is 18.9 Å². The van der Waals surface area contributed by atoms with E-state index in [4.69, 9.17) is 4.74 Å². The third-order valence-corrected chi connectivity index (χ3v) is 4.75. The molecule has 4 heteroatoms. The van der Waals surface area contributed by atoms with Gasteiger partial charge in [0.2, 0.25) is 0 Å². The Labute approximate surface area is 142 Å². The lowest BCUT2D eigenvalue weighted by atomic mass is 9.87. The molecule has 0 aromatic heterocycles. The molecular formula is C20H23NO3. The van der Waals surface area contributed by atoms with Crippen LogP contribution in [0.2, 0.25) is 0 Å². The number of methoxy groups -OCH3 is 1. The highest BCUT2D eigenvalue weighted by molar-refractivity contribution is 5.97. The third-order valence-electron chi connectivity index (χ3n) is 4.75. The summed E-state index contributed by atoms with van der Waals surface area (Å²) in [4.78, 5) is 14.6. The Kier molecular flexibility index (Phi) is 5.16. The maximum Gasteiger partial charge on any atom is 0.257 e. The fourth-order valence-electron chi connectivity index (χ4n) is 3.33. The minimum atomic E-state index is -0.463. The van der Waals surface area contributed by atoms with Gasteiger partial charge >= 0.3 is 0 Å². The first-order chi connectivity index (χ1) is 11.7. The van der Waals surface area contributed by atoms with E-state index >= 15 is 0 Å². The number of para-hydroxylation sites is 1. The molecule has 0 bridgehead atoms. The molecule has 1 aliphatic heterocycles. The number of benzene rings is 2. The maximum atomic E-state index is 12.7. The number of carbonyl (C=O) groups excluding carboxylic acids is 1. The van der Waals surface area contributed by atoms with Gasteiger partial charge in [-0.25, -0.2) is 0 Å². The number of hydrogen-bond donors (Lipinski definition) is 1. The van der Waals surface area contributed by atoms with Crippen molar-refractivity contribution in [2.24, 2.45) is 5.92 Å². The summed E-state index contributed by atoms with van der Waals surface area (Å²) in [6.07, 6.45) is 1.14. The summed E-state index contributed by atoms with van der Waals surface area (Å²) < 4.78 is 5.29. The van der Waals surface area contributed by atoms with Crippen LogP contribution in [0.5, 0.6) is 5.75 Å². The molecule has 126 valence electrons. The van der Waals surface area contributed by atoms with E-state index in [0.29, 0.717) is 24.4 Å². The van der Waals surface area contributed by atoms with Crippen molar-refractivity contribution in [1.29, 1.82) is 0 Å². The Hall–Kier alpha value is -2.33. The van der Waals surface area contributed by atoms with Crippen LogP contribution in [0, 0.1) is 5.92 Å². The largest absolute Gasteiger partial charge is 0.496 e. The van der Waals surface area contributed by atoms with Gasteiger partial charge < -0.3 is 14.7 Å². The topological polar surface area (TPSA) is 49.8 Å². The van der Waals surface area contributed by atoms with Crippen LogP contribution in [-0.4, -0.2) is 36.1 Å². The first-order valence-corrected chi connectivity index (χ1v) is 8.36. The molecule has 4 nitrogen and oxygen atoms in total. The summed E-state index contributed by atoms with van der Waals surface area (Å²) in [6, 6.07) is 17.1. The lowest BCUT2D eigenvalue weighted by Crippen LogP contribution is -2.39. The number of carbonyl (C=O) groups is 1. The third kappa shape index (κ3) is 3.44. The Balaban J connectivity index is 1.64. The zero-order valence-corrected chi connectivity index (χ0v) is 13.9. The van der Waals surface area contributed by atoms with Crippen molar-refractivity contribution < 1.29 is 14.6 Å². The molecule has 1 heterocycles. The molecule has 0 unspecified atom stereocenters. The summed E-state index contributed by atoms with van der Waals surface area (Å²) in [7, 11) is 1.58. The van der Waals surface area contributed by atoms with Gasteiger partial charge in [0.05, 0.1) is 18.8 Å². The first-order valence-electron chi connectivity index (χ1n) is 8.36. The standard InChI is InChI=1S/C20H23NO3/c1-24-18-10-6-5-9-17(18)20(23)21-13-11-16(12-14-21)19(22)15-7-3-2-4-8-15/h2-10,16,19,22H,11-14H2,1H3/t19-/m1/s1. The molecular weight excluding hydrogens is 302 g/mol. The lowest BCUT2D eigenvalue weighted by Gasteiger charge is -2.34. The summed E-state index contributed by atoms with van der Waals surface area (Å²) in [5.74, 6) is 0.795. The van der Waals surface area contributed by atoms with Crippen molar-refractivity contribution in [2.75, 3.05) is 20.2 Å². The maximum absolute atomic E-state index is 12.7. The normalized spacial score (nSPS) is 16.7. The second-order valence-electron chi connectivity index (χ2n) is 6.19. The van der Waals surface area contributed by atoms with Crippen LogP contribution in [0.3, 0.4) is 0 Å². The predicted molar refractivity (Wildman–Crippen MR) is 93.0 cm³/mol. The van der Waals surface area contributed by atoms with Gasteiger partial charge in [-0.2, -0.15) is 0 Å². The average Bonchev–Trinajstić information content (AvgIpc) is 2.67. The lowest BCUT2D eigenvalue weighted by molar-refractivity contribution is 0.0460. The molecule has 0 saturated carbocycles. The van der Waals surface area contributed by atoms with Crippen LogP contribution in [-0.2, 0) is 0 Å². The molecule has 1 saturated heterocycles. The molecule has 1 amide bonds. The number of aliphatic hydroxyl groups is 1. The molecule has 24 heavy (non-hydrogen) atoms. The van der Waals surface area contributed by atoms with Crippen LogP contribution in [0.1, 0.15) is 34.9 Å². The minimum Gasteiger partial charge on any atom is -0.496 e. The van der Waals surface area contributed by atoms with E-state index in [0.717, 1.165) is 18.4 Å². The van der Waals surface area contributed by atoms with Crippen LogP contribution < -0.4 is 4.74 Å². The monoisotopic (exact) mass is 325 g/mol. The molecule has 1 aliphatic rings. The molecule has 2 aromatic rings. The number of nitrogens with zero attached hydrogens (tertiary/aromatic N) is 1. The predicted octanol–water partition coefficient (Wildman–Crippen LogP) is 3.28. The fourth-order valence-corrected chi connectivity index (χ4v) is 3.33. The molecule has 0 aliphatic carbocycles. The zero-order valence-electron chi connectivity index (χ0n) is 13.9. The number of rotatable bonds is 4. The number of aliphatic hydroxyl groups excluding tert-OH is 1. The van der Waals surface area contributed by atoms with E-state index in [1.54, 1.807) is 19.2 Å². The number of likely N-dealkylation sites (tertiary alicyclic amines) is 1. The molecule has 1 N–H and O–H groups in total. The van der Waals surface area contributed by atoms with Crippen molar-refractivity contribution in [1.82, 2.24) is 4.90 Å². The number of piperidine rings is 1. The van der Waals surface area contributed by atoms with E-state index in [1.807, 2.05) is 47.4 Å². The van der Waals surface area contributed by atoms with Gasteiger partial charge in [0.1, 0.15) is 5.75 Å². The summed E-state index contributed by atoms with van der Waals surface area (Å²) in [5.41, 5.74) is 1.55. The van der Waals surface area contributed by atoms with Gasteiger partial charge in [0, 0.05) is 13.1 Å². The van der Waals surface area contributed by atoms with E-state index in [2.05, 4.69) is 0 Å². The van der Waals surface area contributed by atoms with Crippen molar-refractivity contribution in [3.63, 3.8) is 0 Å².